The maximum absolute atomic E-state index is 7.70. The van der Waals surface area contributed by atoms with Gasteiger partial charge >= 0.3 is 0 Å². The molecule has 0 amide bonds. The number of hydrogen-bond acceptors (Lipinski definition) is 3. The van der Waals surface area contributed by atoms with Crippen LogP contribution in [0.5, 0.6) is 5.75 Å². The van der Waals surface area contributed by atoms with Crippen LogP contribution in [0.3, 0.4) is 0 Å². The Morgan fingerprint density at radius 3 is 1.90 bits per heavy atom. The Morgan fingerprint density at radius 1 is 0.529 bits per heavy atom. The molecule has 2 aliphatic heterocycles. The fourth-order valence-corrected chi connectivity index (χ4v) is 15.0. The predicted octanol–water partition coefficient (Wildman–Crippen LogP) is 16.7. The molecule has 10 aromatic rings. The van der Waals surface area contributed by atoms with Gasteiger partial charge in [0.1, 0.15) is 22.7 Å². The Kier molecular flexibility index (Phi) is 7.17. The van der Waals surface area contributed by atoms with E-state index in [9.17, 15) is 0 Å². The van der Waals surface area contributed by atoms with Gasteiger partial charge in [0, 0.05) is 38.7 Å². The van der Waals surface area contributed by atoms with Gasteiger partial charge in [0.05, 0.1) is 16.4 Å². The Morgan fingerprint density at radius 2 is 1.16 bits per heavy atom. The van der Waals surface area contributed by atoms with Crippen molar-refractivity contribution < 1.29 is 9.15 Å². The Labute approximate surface area is 407 Å². The second-order valence-corrected chi connectivity index (χ2v) is 21.2. The molecule has 3 heteroatoms. The topological polar surface area (TPSA) is 25.6 Å². The number of rotatable bonds is 2. The molecule has 70 heavy (non-hydrogen) atoms. The van der Waals surface area contributed by atoms with E-state index in [4.69, 9.17) is 9.15 Å². The molecule has 0 saturated carbocycles. The largest absolute Gasteiger partial charge is 0.460 e. The molecule has 0 radical (unpaired) electrons. The van der Waals surface area contributed by atoms with E-state index >= 15 is 0 Å². The van der Waals surface area contributed by atoms with Crippen LogP contribution in [0.15, 0.2) is 228 Å². The summed E-state index contributed by atoms with van der Waals surface area (Å²) < 4.78 is 14.6. The molecular weight excluding hydrogens is 851 g/mol. The lowest BCUT2D eigenvalue weighted by Gasteiger charge is -2.59. The fraction of sp³-hybridized carbons (Fsp3) is 0.134. The van der Waals surface area contributed by atoms with Crippen molar-refractivity contribution in [3.8, 4) is 39.1 Å². The first-order valence-electron chi connectivity index (χ1n) is 24.9. The highest BCUT2D eigenvalue weighted by atomic mass is 16.5. The number of fused-ring (bicyclic) bond motifs is 20. The van der Waals surface area contributed by atoms with Gasteiger partial charge < -0.3 is 14.1 Å². The standard InChI is InChI=1S/C67H47NO2/c1-39-33-34-64(2)52-26-14-15-27-55(52)68(43-31-32-47-46-21-9-13-25-51(46)67(53(47)36-43)49-23-11-7-19-44(49)45-20-8-12-24-50(45)67)65(3)38-58-66(4,61(39)63(64)65)54-37-57-60(48-22-10-16-28-56(48)69-57)59(62(54)70-58)42-30-29-40-17-5-6-18-41(40)35-42/h5-39H,1-4H3. The summed E-state index contributed by atoms with van der Waals surface area (Å²) in [7, 11) is 0. The van der Waals surface area contributed by atoms with Gasteiger partial charge in [-0.1, -0.05) is 171 Å². The second-order valence-electron chi connectivity index (χ2n) is 21.2. The minimum Gasteiger partial charge on any atom is -0.460 e. The van der Waals surface area contributed by atoms with E-state index in [-0.39, 0.29) is 5.92 Å². The summed E-state index contributed by atoms with van der Waals surface area (Å²) in [5.74, 6) is 2.01. The van der Waals surface area contributed by atoms with Crippen LogP contribution in [0.1, 0.15) is 61.1 Å². The first-order chi connectivity index (χ1) is 34.2. The van der Waals surface area contributed by atoms with Crippen LogP contribution in [-0.2, 0) is 16.2 Å². The summed E-state index contributed by atoms with van der Waals surface area (Å²) in [5, 5.41) is 4.59. The van der Waals surface area contributed by atoms with Crippen molar-refractivity contribution in [1.29, 1.82) is 0 Å². The quantitative estimate of drug-likeness (QED) is 0.162. The molecule has 4 aliphatic carbocycles. The van der Waals surface area contributed by atoms with Gasteiger partial charge in [0.2, 0.25) is 0 Å². The van der Waals surface area contributed by atoms with Gasteiger partial charge in [-0.25, -0.2) is 0 Å². The first kappa shape index (κ1) is 38.8. The van der Waals surface area contributed by atoms with Gasteiger partial charge in [0.15, 0.2) is 0 Å². The highest BCUT2D eigenvalue weighted by molar-refractivity contribution is 6.15. The summed E-state index contributed by atoms with van der Waals surface area (Å²) in [5.41, 5.74) is 20.1. The second kappa shape index (κ2) is 12.9. The number of para-hydroxylation sites is 2. The molecule has 0 saturated heterocycles. The van der Waals surface area contributed by atoms with Crippen LogP contribution < -0.4 is 9.64 Å². The third-order valence-corrected chi connectivity index (χ3v) is 17.7. The predicted molar refractivity (Wildman–Crippen MR) is 285 cm³/mol. The molecular formula is C67H47NO2. The van der Waals surface area contributed by atoms with Crippen molar-refractivity contribution in [2.24, 2.45) is 5.92 Å². The average molecular weight is 898 g/mol. The molecule has 16 rings (SSSR count). The molecule has 3 nitrogen and oxygen atoms in total. The van der Waals surface area contributed by atoms with Crippen molar-refractivity contribution in [2.75, 3.05) is 4.90 Å². The van der Waals surface area contributed by atoms with Crippen LogP contribution >= 0.6 is 0 Å². The molecule has 1 spiro atoms. The average Bonchev–Trinajstić information content (AvgIpc) is 4.09. The van der Waals surface area contributed by atoms with Crippen LogP contribution in [0.25, 0.3) is 66.1 Å². The van der Waals surface area contributed by atoms with E-state index in [1.54, 1.807) is 0 Å². The zero-order valence-corrected chi connectivity index (χ0v) is 39.5. The number of allylic oxidation sites excluding steroid dienone is 3. The van der Waals surface area contributed by atoms with Gasteiger partial charge in [-0.3, -0.25) is 0 Å². The lowest BCUT2D eigenvalue weighted by atomic mass is 9.52. The zero-order chi connectivity index (χ0) is 46.5. The third-order valence-electron chi connectivity index (χ3n) is 17.7. The van der Waals surface area contributed by atoms with Crippen LogP contribution in [-0.4, -0.2) is 5.54 Å². The lowest BCUT2D eigenvalue weighted by molar-refractivity contribution is 0.349. The fourth-order valence-electron chi connectivity index (χ4n) is 15.0. The first-order valence-corrected chi connectivity index (χ1v) is 24.9. The van der Waals surface area contributed by atoms with E-state index in [0.29, 0.717) is 0 Å². The maximum atomic E-state index is 7.70. The molecule has 9 aromatic carbocycles. The SMILES string of the molecule is CC1C=CC2(C)C3=C1C1(C)C(=CC3(C)N(c3ccc4c(c3)C3(c5ccccc5-c5ccccc53)c3ccccc3-4)c3ccccc32)Oc2c1cc1oc3ccccc3c1c2-c1ccc2ccccc2c1. The minimum atomic E-state index is -0.637. The molecule has 1 aromatic heterocycles. The highest BCUT2D eigenvalue weighted by Crippen LogP contribution is 2.69. The van der Waals surface area contributed by atoms with E-state index in [1.807, 2.05) is 0 Å². The summed E-state index contributed by atoms with van der Waals surface area (Å²) in [6, 6.07) is 70.1. The zero-order valence-electron chi connectivity index (χ0n) is 39.5. The van der Waals surface area contributed by atoms with E-state index in [0.717, 1.165) is 55.8 Å². The molecule has 0 fully saturated rings. The monoisotopic (exact) mass is 897 g/mol. The van der Waals surface area contributed by atoms with Gasteiger partial charge in [0.25, 0.3) is 0 Å². The Balaban J connectivity index is 0.976. The minimum absolute atomic E-state index is 0.123. The van der Waals surface area contributed by atoms with E-state index in [1.165, 1.54) is 77.7 Å². The third kappa shape index (κ3) is 4.41. The lowest BCUT2D eigenvalue weighted by Crippen LogP contribution is -2.58. The van der Waals surface area contributed by atoms with Crippen molar-refractivity contribution in [2.45, 2.75) is 49.5 Å². The Hall–Kier alpha value is -8.14. The number of ether oxygens (including phenoxy) is 1. The van der Waals surface area contributed by atoms with Crippen molar-refractivity contribution in [1.82, 2.24) is 0 Å². The molecule has 0 N–H and O–H groups in total. The van der Waals surface area contributed by atoms with E-state index in [2.05, 4.69) is 239 Å². The van der Waals surface area contributed by atoms with Crippen molar-refractivity contribution in [3.63, 3.8) is 0 Å². The van der Waals surface area contributed by atoms with Crippen molar-refractivity contribution >= 4 is 44.1 Å². The Bertz CT molecular complexity index is 4080. The summed E-state index contributed by atoms with van der Waals surface area (Å²) in [6.45, 7) is 9.74. The van der Waals surface area contributed by atoms with Gasteiger partial charge in [-0.05, 0) is 147 Å². The van der Waals surface area contributed by atoms with Crippen LogP contribution in [0.2, 0.25) is 0 Å². The van der Waals surface area contributed by atoms with Crippen molar-refractivity contribution in [3.05, 3.63) is 257 Å². The van der Waals surface area contributed by atoms with E-state index < -0.39 is 21.8 Å². The normalized spacial score (nSPS) is 23.3. The summed E-state index contributed by atoms with van der Waals surface area (Å²) >= 11 is 0. The molecule has 6 aliphatic rings. The molecule has 3 heterocycles. The summed E-state index contributed by atoms with van der Waals surface area (Å²) in [6.07, 6.45) is 7.48. The molecule has 0 bridgehead atoms. The highest BCUT2D eigenvalue weighted by Gasteiger charge is 2.62. The number of hydrogen-bond donors (Lipinski definition) is 0. The summed E-state index contributed by atoms with van der Waals surface area (Å²) in [4.78, 5) is 2.66. The van der Waals surface area contributed by atoms with Crippen LogP contribution in [0, 0.1) is 5.92 Å². The van der Waals surface area contributed by atoms with Crippen LogP contribution in [0.4, 0.5) is 11.4 Å². The van der Waals surface area contributed by atoms with Gasteiger partial charge in [-0.15, -0.1) is 0 Å². The smallest absolute Gasteiger partial charge is 0.140 e. The maximum Gasteiger partial charge on any atom is 0.140 e. The molecule has 332 valence electrons. The van der Waals surface area contributed by atoms with Gasteiger partial charge in [-0.2, -0.15) is 0 Å². The number of furan rings is 1. The number of anilines is 2. The molecule has 4 unspecified atom stereocenters. The number of benzene rings is 9. The molecule has 4 atom stereocenters. The number of nitrogens with zero attached hydrogens (tertiary/aromatic N) is 1.